The largest absolute Gasteiger partial charge is 0.389 e. The van der Waals surface area contributed by atoms with Gasteiger partial charge < -0.3 is 14.9 Å². The predicted octanol–water partition coefficient (Wildman–Crippen LogP) is 1.93. The molecule has 0 aromatic rings. The highest BCUT2D eigenvalue weighted by Crippen LogP contribution is 2.42. The van der Waals surface area contributed by atoms with Gasteiger partial charge in [0, 0.05) is 32.6 Å². The van der Waals surface area contributed by atoms with Crippen LogP contribution in [0.1, 0.15) is 64.2 Å². The monoisotopic (exact) mass is 334 g/mol. The van der Waals surface area contributed by atoms with Crippen LogP contribution in [0, 0.1) is 11.3 Å². The lowest BCUT2D eigenvalue weighted by molar-refractivity contribution is -0.147. The lowest BCUT2D eigenvalue weighted by Gasteiger charge is -2.48. The van der Waals surface area contributed by atoms with Crippen molar-refractivity contribution in [3.05, 3.63) is 0 Å². The molecule has 2 saturated heterocycles. The third-order valence-corrected chi connectivity index (χ3v) is 6.87. The van der Waals surface area contributed by atoms with Crippen molar-refractivity contribution in [3.8, 4) is 0 Å². The molecule has 4 rings (SSSR count). The molecule has 134 valence electrons. The summed E-state index contributed by atoms with van der Waals surface area (Å²) < 4.78 is 0. The molecule has 2 aliphatic carbocycles. The quantitative estimate of drug-likeness (QED) is 0.854. The van der Waals surface area contributed by atoms with Gasteiger partial charge in [-0.15, -0.1) is 0 Å². The van der Waals surface area contributed by atoms with E-state index in [9.17, 15) is 14.7 Å². The Hall–Kier alpha value is -1.10. The van der Waals surface area contributed by atoms with Crippen LogP contribution in [0.2, 0.25) is 0 Å². The van der Waals surface area contributed by atoms with Gasteiger partial charge >= 0.3 is 0 Å². The van der Waals surface area contributed by atoms with Crippen molar-refractivity contribution in [1.29, 1.82) is 0 Å². The Morgan fingerprint density at radius 3 is 2.42 bits per heavy atom. The van der Waals surface area contributed by atoms with Gasteiger partial charge in [0.2, 0.25) is 11.8 Å². The summed E-state index contributed by atoms with van der Waals surface area (Å²) in [6, 6.07) is 0. The number of rotatable bonds is 4. The fraction of sp³-hybridized carbons (Fsp3) is 0.895. The smallest absolute Gasteiger partial charge is 0.225 e. The zero-order valence-electron chi connectivity index (χ0n) is 14.6. The Labute approximate surface area is 144 Å². The van der Waals surface area contributed by atoms with Crippen LogP contribution in [-0.4, -0.2) is 58.5 Å². The molecule has 5 nitrogen and oxygen atoms in total. The molecule has 0 bridgehead atoms. The lowest BCUT2D eigenvalue weighted by Crippen LogP contribution is -2.53. The van der Waals surface area contributed by atoms with E-state index >= 15 is 0 Å². The van der Waals surface area contributed by atoms with Crippen LogP contribution < -0.4 is 0 Å². The standard InChI is InChI=1S/C19H30N2O3/c22-16-4-7-18(14-21(16)13-15-2-3-15)8-10-20(11-9-18)17(23)12-19(24)5-1-6-19/h15,24H,1-14H2. The zero-order valence-corrected chi connectivity index (χ0v) is 14.6. The number of carbonyl (C=O) groups excluding carboxylic acids is 2. The maximum absolute atomic E-state index is 12.4. The molecule has 0 radical (unpaired) electrons. The highest BCUT2D eigenvalue weighted by atomic mass is 16.3. The van der Waals surface area contributed by atoms with E-state index in [1.807, 2.05) is 4.90 Å². The number of nitrogens with zero attached hydrogens (tertiary/aromatic N) is 2. The third kappa shape index (κ3) is 3.32. The van der Waals surface area contributed by atoms with E-state index in [4.69, 9.17) is 0 Å². The van der Waals surface area contributed by atoms with Crippen LogP contribution in [0.15, 0.2) is 0 Å². The number of carbonyl (C=O) groups is 2. The topological polar surface area (TPSA) is 60.9 Å². The normalized spacial score (nSPS) is 28.8. The average Bonchev–Trinajstić information content (AvgIpc) is 3.34. The van der Waals surface area contributed by atoms with Crippen LogP contribution in [0.4, 0.5) is 0 Å². The predicted molar refractivity (Wildman–Crippen MR) is 90.2 cm³/mol. The van der Waals surface area contributed by atoms with Crippen LogP contribution in [0.3, 0.4) is 0 Å². The average molecular weight is 334 g/mol. The third-order valence-electron chi connectivity index (χ3n) is 6.87. The summed E-state index contributed by atoms with van der Waals surface area (Å²) in [5.41, 5.74) is -0.489. The molecule has 24 heavy (non-hydrogen) atoms. The van der Waals surface area contributed by atoms with Crippen molar-refractivity contribution in [2.24, 2.45) is 11.3 Å². The molecule has 4 fully saturated rings. The van der Waals surface area contributed by atoms with Gasteiger partial charge in [-0.1, -0.05) is 0 Å². The maximum Gasteiger partial charge on any atom is 0.225 e. The minimum atomic E-state index is -0.718. The van der Waals surface area contributed by atoms with Crippen LogP contribution >= 0.6 is 0 Å². The second-order valence-electron chi connectivity index (χ2n) is 8.85. The summed E-state index contributed by atoms with van der Waals surface area (Å²) in [5.74, 6) is 1.20. The van der Waals surface area contributed by atoms with E-state index in [0.29, 0.717) is 18.7 Å². The van der Waals surface area contributed by atoms with Gasteiger partial charge in [-0.3, -0.25) is 9.59 Å². The molecule has 2 amide bonds. The number of piperidine rings is 2. The molecule has 0 unspecified atom stereocenters. The summed E-state index contributed by atoms with van der Waals surface area (Å²) in [6.45, 7) is 3.44. The fourth-order valence-electron chi connectivity index (χ4n) is 4.67. The van der Waals surface area contributed by atoms with Gasteiger partial charge in [-0.25, -0.2) is 0 Å². The highest BCUT2D eigenvalue weighted by Gasteiger charge is 2.44. The van der Waals surface area contributed by atoms with Crippen LogP contribution in [0.5, 0.6) is 0 Å². The van der Waals surface area contributed by atoms with Gasteiger partial charge in [0.15, 0.2) is 0 Å². The summed E-state index contributed by atoms with van der Waals surface area (Å²) >= 11 is 0. The zero-order chi connectivity index (χ0) is 16.8. The fourth-order valence-corrected chi connectivity index (χ4v) is 4.67. The summed E-state index contributed by atoms with van der Waals surface area (Å²) in [7, 11) is 0. The number of hydrogen-bond acceptors (Lipinski definition) is 3. The van der Waals surface area contributed by atoms with E-state index in [-0.39, 0.29) is 11.3 Å². The maximum atomic E-state index is 12.4. The molecule has 0 atom stereocenters. The Kier molecular flexibility index (Phi) is 4.10. The Morgan fingerprint density at radius 2 is 1.83 bits per heavy atom. The van der Waals surface area contributed by atoms with Crippen molar-refractivity contribution in [1.82, 2.24) is 9.80 Å². The molecule has 1 N–H and O–H groups in total. The molecule has 5 heteroatoms. The van der Waals surface area contributed by atoms with Gasteiger partial charge in [-0.2, -0.15) is 0 Å². The van der Waals surface area contributed by atoms with Crippen molar-refractivity contribution in [3.63, 3.8) is 0 Å². The number of hydrogen-bond donors (Lipinski definition) is 1. The van der Waals surface area contributed by atoms with E-state index in [1.165, 1.54) is 12.8 Å². The number of amides is 2. The van der Waals surface area contributed by atoms with Crippen LogP contribution in [0.25, 0.3) is 0 Å². The molecule has 2 heterocycles. The summed E-state index contributed by atoms with van der Waals surface area (Å²) in [4.78, 5) is 28.7. The van der Waals surface area contributed by atoms with Crippen LogP contribution in [-0.2, 0) is 9.59 Å². The van der Waals surface area contributed by atoms with Crippen molar-refractivity contribution < 1.29 is 14.7 Å². The van der Waals surface area contributed by atoms with E-state index in [0.717, 1.165) is 70.6 Å². The first kappa shape index (κ1) is 16.4. The molecule has 0 aromatic carbocycles. The Balaban J connectivity index is 1.31. The summed E-state index contributed by atoms with van der Waals surface area (Å²) in [5, 5.41) is 10.2. The van der Waals surface area contributed by atoms with Crippen molar-refractivity contribution in [2.45, 2.75) is 69.8 Å². The van der Waals surface area contributed by atoms with Crippen molar-refractivity contribution >= 4 is 11.8 Å². The van der Waals surface area contributed by atoms with Gasteiger partial charge in [0.05, 0.1) is 12.0 Å². The Morgan fingerprint density at radius 1 is 1.12 bits per heavy atom. The first-order valence-corrected chi connectivity index (χ1v) is 9.75. The number of likely N-dealkylation sites (tertiary alicyclic amines) is 2. The van der Waals surface area contributed by atoms with E-state index in [2.05, 4.69) is 4.90 Å². The second-order valence-corrected chi connectivity index (χ2v) is 8.85. The van der Waals surface area contributed by atoms with Gasteiger partial charge in [-0.05, 0) is 62.7 Å². The molecule has 0 aromatic heterocycles. The molecule has 2 aliphatic heterocycles. The first-order valence-electron chi connectivity index (χ1n) is 9.75. The minimum Gasteiger partial charge on any atom is -0.389 e. The number of aliphatic hydroxyl groups is 1. The first-order chi connectivity index (χ1) is 11.5. The summed E-state index contributed by atoms with van der Waals surface area (Å²) in [6.07, 6.45) is 9.12. The Bertz CT molecular complexity index is 517. The molecular formula is C19H30N2O3. The minimum absolute atomic E-state index is 0.119. The van der Waals surface area contributed by atoms with Crippen molar-refractivity contribution in [2.75, 3.05) is 26.2 Å². The molecule has 4 aliphatic rings. The lowest BCUT2D eigenvalue weighted by atomic mass is 9.72. The van der Waals surface area contributed by atoms with E-state index in [1.54, 1.807) is 0 Å². The van der Waals surface area contributed by atoms with Gasteiger partial charge in [0.1, 0.15) is 0 Å². The second kappa shape index (κ2) is 6.01. The molecule has 2 saturated carbocycles. The molecular weight excluding hydrogens is 304 g/mol. The van der Waals surface area contributed by atoms with Gasteiger partial charge in [0.25, 0.3) is 0 Å². The van der Waals surface area contributed by atoms with E-state index < -0.39 is 5.60 Å². The molecule has 1 spiro atoms. The highest BCUT2D eigenvalue weighted by molar-refractivity contribution is 5.78. The SMILES string of the molecule is O=C(CC1(O)CCC1)N1CCC2(CCC(=O)N(CC3CC3)C2)CC1.